The van der Waals surface area contributed by atoms with Crippen LogP contribution in [0.15, 0.2) is 0 Å². The summed E-state index contributed by atoms with van der Waals surface area (Å²) in [5, 5.41) is 0. The number of likely N-dealkylation sites (tertiary alicyclic amines) is 1. The van der Waals surface area contributed by atoms with Crippen molar-refractivity contribution in [3.8, 4) is 0 Å². The SMILES string of the molecule is CCCCCCC[NH+]1CCCCC1. The van der Waals surface area contributed by atoms with E-state index in [2.05, 4.69) is 6.92 Å². The Hall–Kier alpha value is -0.0400. The Balaban J connectivity index is 1.86. The van der Waals surface area contributed by atoms with Crippen LogP contribution in [0.1, 0.15) is 58.3 Å². The second-order valence-electron chi connectivity index (χ2n) is 4.47. The van der Waals surface area contributed by atoms with Crippen LogP contribution < -0.4 is 4.90 Å². The van der Waals surface area contributed by atoms with Crippen molar-refractivity contribution in [2.45, 2.75) is 58.3 Å². The largest absolute Gasteiger partial charge is 0.335 e. The van der Waals surface area contributed by atoms with Crippen LogP contribution in [0.3, 0.4) is 0 Å². The summed E-state index contributed by atoms with van der Waals surface area (Å²) < 4.78 is 0. The molecule has 0 amide bonds. The van der Waals surface area contributed by atoms with Crippen LogP contribution in [0.4, 0.5) is 0 Å². The Morgan fingerprint density at radius 2 is 1.54 bits per heavy atom. The Labute approximate surface area is 83.5 Å². The highest BCUT2D eigenvalue weighted by Crippen LogP contribution is 2.01. The van der Waals surface area contributed by atoms with Crippen LogP contribution in [0.2, 0.25) is 0 Å². The molecule has 1 heterocycles. The molecule has 0 atom stereocenters. The predicted molar refractivity (Wildman–Crippen MR) is 58.2 cm³/mol. The third kappa shape index (κ3) is 5.30. The van der Waals surface area contributed by atoms with Crippen molar-refractivity contribution in [1.29, 1.82) is 0 Å². The average molecular weight is 184 g/mol. The van der Waals surface area contributed by atoms with Crippen molar-refractivity contribution >= 4 is 0 Å². The molecule has 1 aliphatic rings. The van der Waals surface area contributed by atoms with Gasteiger partial charge in [-0.3, -0.25) is 0 Å². The van der Waals surface area contributed by atoms with E-state index < -0.39 is 0 Å². The molecule has 0 aromatic rings. The molecule has 0 radical (unpaired) electrons. The van der Waals surface area contributed by atoms with E-state index in [1.807, 2.05) is 4.90 Å². The average Bonchev–Trinajstić information content (AvgIpc) is 2.19. The molecule has 0 aromatic heterocycles. The third-order valence-electron chi connectivity index (χ3n) is 3.19. The standard InChI is InChI=1S/C12H25N/c1-2-3-4-5-7-10-13-11-8-6-9-12-13/h2-12H2,1H3/p+1. The molecular weight excluding hydrogens is 158 g/mol. The monoisotopic (exact) mass is 184 g/mol. The molecule has 1 aliphatic heterocycles. The van der Waals surface area contributed by atoms with E-state index in [-0.39, 0.29) is 0 Å². The zero-order chi connectivity index (χ0) is 9.36. The topological polar surface area (TPSA) is 4.44 Å². The Morgan fingerprint density at radius 1 is 0.846 bits per heavy atom. The number of unbranched alkanes of at least 4 members (excludes halogenated alkanes) is 4. The van der Waals surface area contributed by atoms with Gasteiger partial charge in [0.15, 0.2) is 0 Å². The lowest BCUT2D eigenvalue weighted by Crippen LogP contribution is -3.12. The molecule has 13 heavy (non-hydrogen) atoms. The van der Waals surface area contributed by atoms with E-state index in [1.165, 1.54) is 71.0 Å². The van der Waals surface area contributed by atoms with Crippen molar-refractivity contribution < 1.29 is 4.90 Å². The summed E-state index contributed by atoms with van der Waals surface area (Å²) in [6.45, 7) is 6.64. The molecule has 0 aliphatic carbocycles. The minimum absolute atomic E-state index is 1.37. The number of piperidine rings is 1. The Kier molecular flexibility index (Phi) is 6.26. The first-order valence-corrected chi connectivity index (χ1v) is 6.27. The quantitative estimate of drug-likeness (QED) is 0.602. The van der Waals surface area contributed by atoms with Gasteiger partial charge in [-0.25, -0.2) is 0 Å². The van der Waals surface area contributed by atoms with Gasteiger partial charge in [-0.15, -0.1) is 0 Å². The van der Waals surface area contributed by atoms with E-state index in [4.69, 9.17) is 0 Å². The predicted octanol–water partition coefficient (Wildman–Crippen LogP) is 2.03. The lowest BCUT2D eigenvalue weighted by atomic mass is 10.1. The Bertz CT molecular complexity index is 106. The van der Waals surface area contributed by atoms with Crippen molar-refractivity contribution in [1.82, 2.24) is 0 Å². The van der Waals surface area contributed by atoms with E-state index in [9.17, 15) is 0 Å². The fourth-order valence-corrected chi connectivity index (χ4v) is 2.28. The van der Waals surface area contributed by atoms with Crippen molar-refractivity contribution in [3.05, 3.63) is 0 Å². The lowest BCUT2D eigenvalue weighted by Gasteiger charge is -2.23. The maximum atomic E-state index is 2.29. The molecule has 1 saturated heterocycles. The summed E-state index contributed by atoms with van der Waals surface area (Å²) >= 11 is 0. The van der Waals surface area contributed by atoms with E-state index >= 15 is 0 Å². The summed E-state index contributed by atoms with van der Waals surface area (Å²) in [6.07, 6.45) is 11.6. The first-order chi connectivity index (χ1) is 6.43. The third-order valence-corrected chi connectivity index (χ3v) is 3.19. The van der Waals surface area contributed by atoms with Crippen LogP contribution >= 0.6 is 0 Å². The molecule has 0 unspecified atom stereocenters. The van der Waals surface area contributed by atoms with Gasteiger partial charge in [0.25, 0.3) is 0 Å². The fourth-order valence-electron chi connectivity index (χ4n) is 2.28. The maximum absolute atomic E-state index is 2.29. The fraction of sp³-hybridized carbons (Fsp3) is 1.00. The number of hydrogen-bond donors (Lipinski definition) is 1. The molecule has 1 nitrogen and oxygen atoms in total. The molecule has 1 fully saturated rings. The minimum atomic E-state index is 1.37. The minimum Gasteiger partial charge on any atom is -0.335 e. The van der Waals surface area contributed by atoms with Crippen LogP contribution in [-0.4, -0.2) is 19.6 Å². The van der Waals surface area contributed by atoms with Crippen LogP contribution in [-0.2, 0) is 0 Å². The molecule has 1 N–H and O–H groups in total. The Morgan fingerprint density at radius 3 is 2.23 bits per heavy atom. The maximum Gasteiger partial charge on any atom is 0.0770 e. The number of rotatable bonds is 6. The smallest absolute Gasteiger partial charge is 0.0770 e. The van der Waals surface area contributed by atoms with Gasteiger partial charge >= 0.3 is 0 Å². The molecule has 1 heteroatoms. The van der Waals surface area contributed by atoms with Crippen molar-refractivity contribution in [3.63, 3.8) is 0 Å². The summed E-state index contributed by atoms with van der Waals surface area (Å²) in [5.41, 5.74) is 0. The van der Waals surface area contributed by atoms with Gasteiger partial charge < -0.3 is 4.90 Å². The zero-order valence-electron chi connectivity index (χ0n) is 9.28. The molecule has 0 saturated carbocycles. The molecule has 78 valence electrons. The molecule has 1 rings (SSSR count). The number of hydrogen-bond acceptors (Lipinski definition) is 0. The van der Waals surface area contributed by atoms with Gasteiger partial charge in [-0.05, 0) is 32.1 Å². The molecular formula is C12H26N+. The summed E-state index contributed by atoms with van der Waals surface area (Å²) in [7, 11) is 0. The second kappa shape index (κ2) is 7.37. The highest BCUT2D eigenvalue weighted by atomic mass is 15.1. The van der Waals surface area contributed by atoms with Gasteiger partial charge in [0.2, 0.25) is 0 Å². The molecule has 0 bridgehead atoms. The van der Waals surface area contributed by atoms with Crippen LogP contribution in [0.25, 0.3) is 0 Å². The highest BCUT2D eigenvalue weighted by molar-refractivity contribution is 4.47. The first kappa shape index (κ1) is 11.0. The van der Waals surface area contributed by atoms with Gasteiger partial charge in [0, 0.05) is 0 Å². The van der Waals surface area contributed by atoms with E-state index in [1.54, 1.807) is 0 Å². The summed E-state index contributed by atoms with van der Waals surface area (Å²) in [4.78, 5) is 1.88. The first-order valence-electron chi connectivity index (χ1n) is 6.27. The van der Waals surface area contributed by atoms with Gasteiger partial charge in [-0.1, -0.05) is 26.2 Å². The molecule has 0 aromatic carbocycles. The summed E-state index contributed by atoms with van der Waals surface area (Å²) in [5.74, 6) is 0. The van der Waals surface area contributed by atoms with E-state index in [0.29, 0.717) is 0 Å². The molecule has 0 spiro atoms. The van der Waals surface area contributed by atoms with Crippen LogP contribution in [0.5, 0.6) is 0 Å². The summed E-state index contributed by atoms with van der Waals surface area (Å²) in [6, 6.07) is 0. The number of quaternary nitrogens is 1. The van der Waals surface area contributed by atoms with Gasteiger partial charge in [0.05, 0.1) is 19.6 Å². The van der Waals surface area contributed by atoms with Crippen molar-refractivity contribution in [2.24, 2.45) is 0 Å². The number of nitrogens with one attached hydrogen (secondary N) is 1. The highest BCUT2D eigenvalue weighted by Gasteiger charge is 2.11. The zero-order valence-corrected chi connectivity index (χ0v) is 9.28. The second-order valence-corrected chi connectivity index (χ2v) is 4.47. The van der Waals surface area contributed by atoms with Gasteiger partial charge in [0.1, 0.15) is 0 Å². The van der Waals surface area contributed by atoms with Crippen molar-refractivity contribution in [2.75, 3.05) is 19.6 Å². The lowest BCUT2D eigenvalue weighted by molar-refractivity contribution is -0.905. The normalized spacial score (nSPS) is 19.2. The van der Waals surface area contributed by atoms with Crippen LogP contribution in [0, 0.1) is 0 Å². The van der Waals surface area contributed by atoms with Gasteiger partial charge in [-0.2, -0.15) is 0 Å². The van der Waals surface area contributed by atoms with E-state index in [0.717, 1.165) is 0 Å².